The van der Waals surface area contributed by atoms with Gasteiger partial charge in [0.15, 0.2) is 0 Å². The number of halogens is 2. The Hall–Kier alpha value is -0.120. The molecule has 1 heterocycles. The molecule has 0 aliphatic rings. The molecular formula is C9H7BrClNS. The van der Waals surface area contributed by atoms with Crippen molar-refractivity contribution in [2.45, 2.75) is 12.3 Å². The molecule has 0 unspecified atom stereocenters. The van der Waals surface area contributed by atoms with E-state index in [9.17, 15) is 0 Å². The molecule has 4 heteroatoms. The zero-order valence-electron chi connectivity index (χ0n) is 6.97. The van der Waals surface area contributed by atoms with Gasteiger partial charge in [0.1, 0.15) is 0 Å². The molecule has 0 spiro atoms. The number of thiazole rings is 1. The van der Waals surface area contributed by atoms with E-state index in [1.54, 1.807) is 11.3 Å². The molecule has 1 nitrogen and oxygen atoms in total. The zero-order chi connectivity index (χ0) is 9.42. The Morgan fingerprint density at radius 3 is 3.00 bits per heavy atom. The highest BCUT2D eigenvalue weighted by molar-refractivity contribution is 9.08. The van der Waals surface area contributed by atoms with Crippen LogP contribution < -0.4 is 0 Å². The first kappa shape index (κ1) is 9.44. The zero-order valence-corrected chi connectivity index (χ0v) is 10.1. The number of aryl methyl sites for hydroxylation is 1. The van der Waals surface area contributed by atoms with Gasteiger partial charge in [-0.2, -0.15) is 0 Å². The summed E-state index contributed by atoms with van der Waals surface area (Å²) < 4.78 is 1.16. The first-order chi connectivity index (χ1) is 6.20. The molecule has 2 rings (SSSR count). The minimum Gasteiger partial charge on any atom is -0.242 e. The number of hydrogen-bond donors (Lipinski definition) is 0. The lowest BCUT2D eigenvalue weighted by Crippen LogP contribution is -1.79. The number of hydrogen-bond acceptors (Lipinski definition) is 2. The van der Waals surface area contributed by atoms with Crippen molar-refractivity contribution < 1.29 is 0 Å². The molecule has 0 radical (unpaired) electrons. The van der Waals surface area contributed by atoms with Crippen molar-refractivity contribution in [3.63, 3.8) is 0 Å². The van der Waals surface area contributed by atoms with Gasteiger partial charge in [0.25, 0.3) is 0 Å². The smallest absolute Gasteiger partial charge is 0.0907 e. The number of nitrogens with zero attached hydrogens (tertiary/aromatic N) is 1. The van der Waals surface area contributed by atoms with Crippen LogP contribution in [0.3, 0.4) is 0 Å². The summed E-state index contributed by atoms with van der Waals surface area (Å²) in [7, 11) is 0. The molecule has 0 N–H and O–H groups in total. The normalized spacial score (nSPS) is 11.0. The van der Waals surface area contributed by atoms with Gasteiger partial charge in [0, 0.05) is 10.4 Å². The van der Waals surface area contributed by atoms with E-state index in [2.05, 4.69) is 20.9 Å². The van der Waals surface area contributed by atoms with Gasteiger partial charge in [-0.05, 0) is 24.6 Å². The van der Waals surface area contributed by atoms with Crippen LogP contribution in [0.2, 0.25) is 5.02 Å². The summed E-state index contributed by atoms with van der Waals surface area (Å²) in [6.07, 6.45) is 0. The molecule has 13 heavy (non-hydrogen) atoms. The third kappa shape index (κ3) is 1.73. The van der Waals surface area contributed by atoms with Gasteiger partial charge in [0.05, 0.1) is 15.2 Å². The van der Waals surface area contributed by atoms with Crippen LogP contribution in [0.25, 0.3) is 10.2 Å². The number of benzene rings is 1. The van der Waals surface area contributed by atoms with Crippen molar-refractivity contribution in [3.8, 4) is 0 Å². The second kappa shape index (κ2) is 3.56. The van der Waals surface area contributed by atoms with Crippen LogP contribution in [-0.2, 0) is 5.33 Å². The van der Waals surface area contributed by atoms with Crippen LogP contribution in [0.5, 0.6) is 0 Å². The summed E-state index contributed by atoms with van der Waals surface area (Å²) >= 11 is 11.1. The van der Waals surface area contributed by atoms with Gasteiger partial charge in [-0.15, -0.1) is 11.3 Å². The average molecular weight is 277 g/mol. The maximum Gasteiger partial charge on any atom is 0.0907 e. The molecule has 2 aromatic rings. The van der Waals surface area contributed by atoms with Crippen LogP contribution in [0, 0.1) is 6.92 Å². The summed E-state index contributed by atoms with van der Waals surface area (Å²) in [6.45, 7) is 2.01. The molecule has 0 saturated heterocycles. The van der Waals surface area contributed by atoms with Crippen molar-refractivity contribution in [3.05, 3.63) is 27.7 Å². The van der Waals surface area contributed by atoms with E-state index in [1.807, 2.05) is 19.1 Å². The van der Waals surface area contributed by atoms with Gasteiger partial charge >= 0.3 is 0 Å². The fourth-order valence-corrected chi connectivity index (χ4v) is 2.98. The molecular weight excluding hydrogens is 270 g/mol. The highest BCUT2D eigenvalue weighted by Crippen LogP contribution is 2.28. The van der Waals surface area contributed by atoms with Crippen LogP contribution in [0.1, 0.15) is 10.6 Å². The van der Waals surface area contributed by atoms with Crippen molar-refractivity contribution in [1.82, 2.24) is 4.98 Å². The molecule has 0 atom stereocenters. The molecule has 0 aliphatic heterocycles. The minimum absolute atomic E-state index is 0.776. The Balaban J connectivity index is 2.72. The molecule has 0 saturated carbocycles. The highest BCUT2D eigenvalue weighted by Gasteiger charge is 2.05. The minimum atomic E-state index is 0.776. The molecule has 1 aromatic heterocycles. The van der Waals surface area contributed by atoms with Gasteiger partial charge in [-0.25, -0.2) is 4.98 Å². The Labute approximate surface area is 93.9 Å². The summed E-state index contributed by atoms with van der Waals surface area (Å²) in [6, 6.07) is 4.02. The second-order valence-electron chi connectivity index (χ2n) is 2.78. The maximum atomic E-state index is 6.06. The third-order valence-electron chi connectivity index (χ3n) is 1.81. The molecule has 1 aromatic carbocycles. The van der Waals surface area contributed by atoms with E-state index >= 15 is 0 Å². The lowest BCUT2D eigenvalue weighted by Gasteiger charge is -1.98. The van der Waals surface area contributed by atoms with E-state index < -0.39 is 0 Å². The molecule has 0 amide bonds. The summed E-state index contributed by atoms with van der Waals surface area (Å²) in [4.78, 5) is 4.40. The predicted octanol–water partition coefficient (Wildman–Crippen LogP) is 4.15. The number of alkyl halides is 1. The molecule has 0 fully saturated rings. The predicted molar refractivity (Wildman–Crippen MR) is 62.0 cm³/mol. The van der Waals surface area contributed by atoms with Crippen LogP contribution in [0.15, 0.2) is 12.1 Å². The van der Waals surface area contributed by atoms with E-state index in [0.29, 0.717) is 0 Å². The van der Waals surface area contributed by atoms with Crippen molar-refractivity contribution in [1.29, 1.82) is 0 Å². The fourth-order valence-electron chi connectivity index (χ4n) is 1.21. The number of aromatic nitrogens is 1. The van der Waals surface area contributed by atoms with Crippen molar-refractivity contribution >= 4 is 49.1 Å². The topological polar surface area (TPSA) is 12.9 Å². The Kier molecular flexibility index (Phi) is 2.58. The van der Waals surface area contributed by atoms with Gasteiger partial charge < -0.3 is 0 Å². The summed E-state index contributed by atoms with van der Waals surface area (Å²) in [5, 5.41) is 2.67. The largest absolute Gasteiger partial charge is 0.242 e. The Bertz CT molecular complexity index is 452. The molecule has 0 bridgehead atoms. The highest BCUT2D eigenvalue weighted by atomic mass is 79.9. The van der Waals surface area contributed by atoms with E-state index in [4.69, 9.17) is 11.6 Å². The third-order valence-corrected chi connectivity index (χ3v) is 3.70. The van der Waals surface area contributed by atoms with E-state index in [1.165, 1.54) is 0 Å². The van der Waals surface area contributed by atoms with Crippen molar-refractivity contribution in [2.75, 3.05) is 0 Å². The fraction of sp³-hybridized carbons (Fsp3) is 0.222. The first-order valence-corrected chi connectivity index (χ1v) is 6.14. The Morgan fingerprint density at radius 2 is 2.31 bits per heavy atom. The van der Waals surface area contributed by atoms with Crippen LogP contribution in [0.4, 0.5) is 0 Å². The summed E-state index contributed by atoms with van der Waals surface area (Å²) in [5.74, 6) is 0. The van der Waals surface area contributed by atoms with Crippen molar-refractivity contribution in [2.24, 2.45) is 0 Å². The lowest BCUT2D eigenvalue weighted by molar-refractivity contribution is 1.33. The second-order valence-corrected chi connectivity index (χ2v) is 4.98. The quantitative estimate of drug-likeness (QED) is 0.713. The monoisotopic (exact) mass is 275 g/mol. The molecule has 68 valence electrons. The van der Waals surface area contributed by atoms with Gasteiger partial charge in [-0.3, -0.25) is 0 Å². The first-order valence-electron chi connectivity index (χ1n) is 3.82. The van der Waals surface area contributed by atoms with E-state index in [-0.39, 0.29) is 0 Å². The maximum absolute atomic E-state index is 6.06. The SMILES string of the molecule is Cc1nc2cc(CBr)c(Cl)cc2s1. The lowest BCUT2D eigenvalue weighted by atomic mass is 10.2. The van der Waals surface area contributed by atoms with Crippen LogP contribution >= 0.6 is 38.9 Å². The Morgan fingerprint density at radius 1 is 1.54 bits per heavy atom. The summed E-state index contributed by atoms with van der Waals surface area (Å²) in [5.41, 5.74) is 2.14. The van der Waals surface area contributed by atoms with E-state index in [0.717, 1.165) is 31.1 Å². The average Bonchev–Trinajstić information content (AvgIpc) is 2.42. The van der Waals surface area contributed by atoms with Gasteiger partial charge in [0.2, 0.25) is 0 Å². The van der Waals surface area contributed by atoms with Gasteiger partial charge in [-0.1, -0.05) is 27.5 Å². The molecule has 0 aliphatic carbocycles. The standard InChI is InChI=1S/C9H7BrClNS/c1-5-12-8-2-6(4-10)7(11)3-9(8)13-5/h2-3H,4H2,1H3. The number of rotatable bonds is 1. The van der Waals surface area contributed by atoms with Crippen LogP contribution in [-0.4, -0.2) is 4.98 Å². The number of fused-ring (bicyclic) bond motifs is 1.